The molecule has 0 amide bonds. The summed E-state index contributed by atoms with van der Waals surface area (Å²) < 4.78 is 0. The molecule has 2 aromatic rings. The lowest BCUT2D eigenvalue weighted by atomic mass is 10.1. The second-order valence-electron chi connectivity index (χ2n) is 4.89. The van der Waals surface area contributed by atoms with Crippen LogP contribution < -0.4 is 5.73 Å². The van der Waals surface area contributed by atoms with Crippen LogP contribution in [-0.4, -0.2) is 4.98 Å². The number of thioether (sulfide) groups is 1. The summed E-state index contributed by atoms with van der Waals surface area (Å²) in [6.07, 6.45) is 3.52. The van der Waals surface area contributed by atoms with Crippen LogP contribution in [0.5, 0.6) is 0 Å². The Kier molecular flexibility index (Phi) is 3.85. The van der Waals surface area contributed by atoms with Gasteiger partial charge in [0.15, 0.2) is 0 Å². The Morgan fingerprint density at radius 3 is 2.79 bits per heavy atom. The first kappa shape index (κ1) is 12.7. The summed E-state index contributed by atoms with van der Waals surface area (Å²) in [5, 5.41) is 1.12. The lowest BCUT2D eigenvalue weighted by Gasteiger charge is -2.10. The van der Waals surface area contributed by atoms with E-state index in [1.165, 1.54) is 35.2 Å². The molecule has 1 aromatic carbocycles. The van der Waals surface area contributed by atoms with Gasteiger partial charge >= 0.3 is 0 Å². The van der Waals surface area contributed by atoms with Crippen molar-refractivity contribution in [1.82, 2.24) is 4.98 Å². The molecule has 3 heteroatoms. The maximum atomic E-state index is 5.86. The number of hydrogen-bond donors (Lipinski definition) is 1. The van der Waals surface area contributed by atoms with Gasteiger partial charge in [-0.3, -0.25) is 0 Å². The molecule has 1 aliphatic rings. The van der Waals surface area contributed by atoms with Gasteiger partial charge in [-0.15, -0.1) is 11.8 Å². The number of nitrogens with zero attached hydrogens (tertiary/aromatic N) is 1. The Labute approximate surface area is 118 Å². The zero-order chi connectivity index (χ0) is 13.1. The van der Waals surface area contributed by atoms with E-state index in [1.807, 2.05) is 6.07 Å². The van der Waals surface area contributed by atoms with Crippen molar-refractivity contribution < 1.29 is 0 Å². The van der Waals surface area contributed by atoms with Gasteiger partial charge in [-0.05, 0) is 36.0 Å². The van der Waals surface area contributed by atoms with Gasteiger partial charge in [-0.1, -0.05) is 36.4 Å². The van der Waals surface area contributed by atoms with Crippen molar-refractivity contribution in [2.24, 2.45) is 5.73 Å². The fraction of sp³-hybridized carbons (Fsp3) is 0.312. The van der Waals surface area contributed by atoms with E-state index in [2.05, 4.69) is 30.3 Å². The summed E-state index contributed by atoms with van der Waals surface area (Å²) in [7, 11) is 0. The smallest absolute Gasteiger partial charge is 0.101 e. The predicted molar refractivity (Wildman–Crippen MR) is 80.2 cm³/mol. The summed E-state index contributed by atoms with van der Waals surface area (Å²) in [6, 6.07) is 12.8. The first-order chi connectivity index (χ1) is 9.36. The van der Waals surface area contributed by atoms with Crippen LogP contribution in [0, 0.1) is 0 Å². The van der Waals surface area contributed by atoms with Crippen LogP contribution in [0.2, 0.25) is 0 Å². The summed E-state index contributed by atoms with van der Waals surface area (Å²) in [5.41, 5.74) is 11.1. The van der Waals surface area contributed by atoms with Gasteiger partial charge in [0.25, 0.3) is 0 Å². The second kappa shape index (κ2) is 5.76. The van der Waals surface area contributed by atoms with Crippen molar-refractivity contribution in [3.05, 3.63) is 58.8 Å². The minimum atomic E-state index is 0.581. The van der Waals surface area contributed by atoms with Crippen molar-refractivity contribution in [2.45, 2.75) is 36.6 Å². The standard InChI is InChI=1S/C16H18N2S/c17-10-14-9-13-7-4-8-15(13)18-16(14)19-11-12-5-2-1-3-6-12/h1-3,5-6,9H,4,7-8,10-11,17H2. The maximum Gasteiger partial charge on any atom is 0.101 e. The Bertz CT molecular complexity index is 566. The van der Waals surface area contributed by atoms with Gasteiger partial charge in [0.05, 0.1) is 0 Å². The zero-order valence-electron chi connectivity index (χ0n) is 10.9. The van der Waals surface area contributed by atoms with Gasteiger partial charge in [-0.2, -0.15) is 0 Å². The van der Waals surface area contributed by atoms with Gasteiger partial charge in [0.2, 0.25) is 0 Å². The highest BCUT2D eigenvalue weighted by Crippen LogP contribution is 2.29. The first-order valence-electron chi connectivity index (χ1n) is 6.75. The van der Waals surface area contributed by atoms with Crippen LogP contribution in [0.25, 0.3) is 0 Å². The van der Waals surface area contributed by atoms with Crippen molar-refractivity contribution in [1.29, 1.82) is 0 Å². The van der Waals surface area contributed by atoms with Crippen LogP contribution in [0.4, 0.5) is 0 Å². The average Bonchev–Trinajstić information content (AvgIpc) is 2.92. The van der Waals surface area contributed by atoms with E-state index in [0.717, 1.165) is 17.2 Å². The highest BCUT2D eigenvalue weighted by atomic mass is 32.2. The summed E-state index contributed by atoms with van der Waals surface area (Å²) in [6.45, 7) is 0.581. The normalized spacial score (nSPS) is 13.5. The third-order valence-corrected chi connectivity index (χ3v) is 4.63. The topological polar surface area (TPSA) is 38.9 Å². The monoisotopic (exact) mass is 270 g/mol. The quantitative estimate of drug-likeness (QED) is 0.866. The van der Waals surface area contributed by atoms with Crippen LogP contribution in [-0.2, 0) is 25.1 Å². The van der Waals surface area contributed by atoms with Crippen molar-refractivity contribution in [3.63, 3.8) is 0 Å². The molecule has 3 rings (SSSR count). The molecule has 1 heterocycles. The number of aryl methyl sites for hydroxylation is 2. The van der Waals surface area contributed by atoms with Crippen molar-refractivity contribution in [3.8, 4) is 0 Å². The molecule has 0 saturated carbocycles. The lowest BCUT2D eigenvalue weighted by Crippen LogP contribution is -2.03. The van der Waals surface area contributed by atoms with Crippen molar-refractivity contribution in [2.75, 3.05) is 0 Å². The zero-order valence-corrected chi connectivity index (χ0v) is 11.7. The van der Waals surface area contributed by atoms with Gasteiger partial charge in [-0.25, -0.2) is 4.98 Å². The maximum absolute atomic E-state index is 5.86. The molecule has 0 unspecified atom stereocenters. The lowest BCUT2D eigenvalue weighted by molar-refractivity contribution is 0.884. The van der Waals surface area contributed by atoms with Crippen LogP contribution in [0.1, 0.15) is 28.8 Å². The summed E-state index contributed by atoms with van der Waals surface area (Å²) in [5.74, 6) is 0.958. The molecule has 98 valence electrons. The number of hydrogen-bond acceptors (Lipinski definition) is 3. The van der Waals surface area contributed by atoms with Gasteiger partial charge in [0, 0.05) is 18.0 Å². The Hall–Kier alpha value is -1.32. The average molecular weight is 270 g/mol. The molecule has 2 N–H and O–H groups in total. The summed E-state index contributed by atoms with van der Waals surface area (Å²) >= 11 is 1.80. The molecular weight excluding hydrogens is 252 g/mol. The minimum Gasteiger partial charge on any atom is -0.326 e. The number of nitrogens with two attached hydrogens (primary N) is 1. The van der Waals surface area contributed by atoms with Gasteiger partial charge in [0.1, 0.15) is 5.03 Å². The molecule has 0 saturated heterocycles. The van der Waals surface area contributed by atoms with E-state index < -0.39 is 0 Å². The van der Waals surface area contributed by atoms with E-state index in [9.17, 15) is 0 Å². The molecule has 2 nitrogen and oxygen atoms in total. The van der Waals surface area contributed by atoms with Crippen LogP contribution in [0.15, 0.2) is 41.4 Å². The number of pyridine rings is 1. The molecule has 1 aliphatic carbocycles. The van der Waals surface area contributed by atoms with Crippen LogP contribution >= 0.6 is 11.8 Å². The third kappa shape index (κ3) is 2.82. The van der Waals surface area contributed by atoms with Gasteiger partial charge < -0.3 is 5.73 Å². The Balaban J connectivity index is 1.80. The largest absolute Gasteiger partial charge is 0.326 e. The Morgan fingerprint density at radius 1 is 1.16 bits per heavy atom. The van der Waals surface area contributed by atoms with E-state index in [0.29, 0.717) is 6.54 Å². The number of benzene rings is 1. The van der Waals surface area contributed by atoms with E-state index >= 15 is 0 Å². The highest BCUT2D eigenvalue weighted by molar-refractivity contribution is 7.98. The molecule has 0 aliphatic heterocycles. The molecule has 0 atom stereocenters. The molecule has 19 heavy (non-hydrogen) atoms. The third-order valence-electron chi connectivity index (χ3n) is 3.53. The van der Waals surface area contributed by atoms with E-state index in [-0.39, 0.29) is 0 Å². The molecule has 1 aromatic heterocycles. The SMILES string of the molecule is NCc1cc2c(nc1SCc1ccccc1)CCC2. The Morgan fingerprint density at radius 2 is 2.00 bits per heavy atom. The van der Waals surface area contributed by atoms with Crippen LogP contribution in [0.3, 0.4) is 0 Å². The van der Waals surface area contributed by atoms with E-state index in [4.69, 9.17) is 10.7 Å². The molecular formula is C16H18N2S. The molecule has 0 radical (unpaired) electrons. The number of fused-ring (bicyclic) bond motifs is 1. The van der Waals surface area contributed by atoms with E-state index in [1.54, 1.807) is 11.8 Å². The minimum absolute atomic E-state index is 0.581. The molecule has 0 fully saturated rings. The highest BCUT2D eigenvalue weighted by Gasteiger charge is 2.16. The fourth-order valence-corrected chi connectivity index (χ4v) is 3.50. The summed E-state index contributed by atoms with van der Waals surface area (Å²) in [4.78, 5) is 4.82. The molecule has 0 spiro atoms. The number of aromatic nitrogens is 1. The fourth-order valence-electron chi connectivity index (χ4n) is 2.50. The molecule has 0 bridgehead atoms. The van der Waals surface area contributed by atoms with Crippen molar-refractivity contribution >= 4 is 11.8 Å². The second-order valence-corrected chi connectivity index (χ2v) is 5.85. The first-order valence-corrected chi connectivity index (χ1v) is 7.74. The predicted octanol–water partition coefficient (Wildman–Crippen LogP) is 3.32. The number of rotatable bonds is 4.